The average Bonchev–Trinajstić information content (AvgIpc) is 3.16. The molecular formula is C17H21N5O. The van der Waals surface area contributed by atoms with E-state index >= 15 is 0 Å². The zero-order valence-corrected chi connectivity index (χ0v) is 13.2. The van der Waals surface area contributed by atoms with Gasteiger partial charge in [-0.05, 0) is 31.4 Å². The molecule has 0 spiro atoms. The standard InChI is InChI=1S/C17H21N5O/c1-13-14(15-5-2-3-6-16(15)21-13)8-9-19-17(23)7-4-10-22-12-18-11-20-22/h2-3,5-6,11-12,21H,4,7-10H2,1H3,(H,19,23). The van der Waals surface area contributed by atoms with Crippen LogP contribution in [0.25, 0.3) is 10.9 Å². The average molecular weight is 311 g/mol. The van der Waals surface area contributed by atoms with Crippen LogP contribution in [0.2, 0.25) is 0 Å². The second-order valence-electron chi connectivity index (χ2n) is 5.64. The van der Waals surface area contributed by atoms with Gasteiger partial charge in [-0.15, -0.1) is 0 Å². The van der Waals surface area contributed by atoms with Crippen molar-refractivity contribution in [1.29, 1.82) is 0 Å². The van der Waals surface area contributed by atoms with E-state index in [1.54, 1.807) is 11.0 Å². The Morgan fingerprint density at radius 3 is 3.04 bits per heavy atom. The normalized spacial score (nSPS) is 11.0. The van der Waals surface area contributed by atoms with Crippen molar-refractivity contribution in [2.75, 3.05) is 6.54 Å². The van der Waals surface area contributed by atoms with E-state index in [-0.39, 0.29) is 5.91 Å². The Labute approximate surface area is 134 Å². The molecule has 3 aromatic rings. The number of H-pyrrole nitrogens is 1. The number of nitrogens with one attached hydrogen (secondary N) is 2. The molecule has 1 aromatic carbocycles. The zero-order valence-electron chi connectivity index (χ0n) is 13.2. The van der Waals surface area contributed by atoms with E-state index in [0.29, 0.717) is 13.0 Å². The number of amides is 1. The fourth-order valence-electron chi connectivity index (χ4n) is 2.82. The number of aryl methyl sites for hydroxylation is 2. The fraction of sp³-hybridized carbons (Fsp3) is 0.353. The van der Waals surface area contributed by atoms with E-state index in [1.807, 2.05) is 12.1 Å². The summed E-state index contributed by atoms with van der Waals surface area (Å²) in [5, 5.41) is 8.25. The summed E-state index contributed by atoms with van der Waals surface area (Å²) in [5.74, 6) is 0.0857. The minimum absolute atomic E-state index is 0.0857. The summed E-state index contributed by atoms with van der Waals surface area (Å²) in [6.45, 7) is 3.45. The van der Waals surface area contributed by atoms with Gasteiger partial charge < -0.3 is 10.3 Å². The molecule has 0 unspecified atom stereocenters. The summed E-state index contributed by atoms with van der Waals surface area (Å²) in [5.41, 5.74) is 3.61. The highest BCUT2D eigenvalue weighted by Crippen LogP contribution is 2.21. The van der Waals surface area contributed by atoms with Crippen molar-refractivity contribution in [3.63, 3.8) is 0 Å². The first-order valence-corrected chi connectivity index (χ1v) is 7.89. The maximum absolute atomic E-state index is 11.9. The van der Waals surface area contributed by atoms with Crippen molar-refractivity contribution in [3.05, 3.63) is 48.2 Å². The molecule has 1 amide bonds. The maximum atomic E-state index is 11.9. The summed E-state index contributed by atoms with van der Waals surface area (Å²) < 4.78 is 1.74. The van der Waals surface area contributed by atoms with Crippen molar-refractivity contribution < 1.29 is 4.79 Å². The van der Waals surface area contributed by atoms with Crippen LogP contribution in [0.1, 0.15) is 24.1 Å². The molecule has 2 aromatic heterocycles. The van der Waals surface area contributed by atoms with Gasteiger partial charge in [0.25, 0.3) is 0 Å². The first kappa shape index (κ1) is 15.3. The monoisotopic (exact) mass is 311 g/mol. The van der Waals surface area contributed by atoms with Crippen molar-refractivity contribution in [2.24, 2.45) is 0 Å². The molecule has 0 saturated carbocycles. The van der Waals surface area contributed by atoms with Crippen LogP contribution in [0.5, 0.6) is 0 Å². The lowest BCUT2D eigenvalue weighted by Gasteiger charge is -2.06. The first-order valence-electron chi connectivity index (χ1n) is 7.89. The largest absolute Gasteiger partial charge is 0.358 e. The number of hydrogen-bond acceptors (Lipinski definition) is 3. The van der Waals surface area contributed by atoms with Crippen LogP contribution in [0.3, 0.4) is 0 Å². The number of fused-ring (bicyclic) bond motifs is 1. The van der Waals surface area contributed by atoms with Crippen LogP contribution in [0.15, 0.2) is 36.9 Å². The fourth-order valence-corrected chi connectivity index (χ4v) is 2.82. The molecule has 2 heterocycles. The van der Waals surface area contributed by atoms with Crippen LogP contribution < -0.4 is 5.32 Å². The van der Waals surface area contributed by atoms with Crippen LogP contribution in [0, 0.1) is 6.92 Å². The molecule has 0 radical (unpaired) electrons. The minimum atomic E-state index is 0.0857. The van der Waals surface area contributed by atoms with Gasteiger partial charge in [0.1, 0.15) is 12.7 Å². The van der Waals surface area contributed by atoms with Gasteiger partial charge in [0.15, 0.2) is 0 Å². The van der Waals surface area contributed by atoms with Gasteiger partial charge in [-0.3, -0.25) is 9.48 Å². The molecule has 0 aliphatic heterocycles. The summed E-state index contributed by atoms with van der Waals surface area (Å²) in [7, 11) is 0. The van der Waals surface area contributed by atoms with E-state index in [2.05, 4.69) is 39.4 Å². The molecule has 6 heteroatoms. The second kappa shape index (κ2) is 7.09. The lowest BCUT2D eigenvalue weighted by molar-refractivity contribution is -0.121. The van der Waals surface area contributed by atoms with Gasteiger partial charge in [0, 0.05) is 36.1 Å². The van der Waals surface area contributed by atoms with Crippen LogP contribution in [-0.4, -0.2) is 32.2 Å². The Kier molecular flexibility index (Phi) is 4.71. The molecule has 0 bridgehead atoms. The molecule has 0 aliphatic rings. The van der Waals surface area contributed by atoms with Crippen molar-refractivity contribution >= 4 is 16.8 Å². The summed E-state index contributed by atoms with van der Waals surface area (Å²) >= 11 is 0. The third-order valence-corrected chi connectivity index (χ3v) is 3.98. The number of carbonyl (C=O) groups is 1. The third kappa shape index (κ3) is 3.77. The predicted octanol–water partition coefficient (Wildman–Crippen LogP) is 2.21. The molecule has 2 N–H and O–H groups in total. The maximum Gasteiger partial charge on any atom is 0.220 e. The Morgan fingerprint density at radius 1 is 1.35 bits per heavy atom. The van der Waals surface area contributed by atoms with Crippen molar-refractivity contribution in [2.45, 2.75) is 32.7 Å². The molecule has 6 nitrogen and oxygen atoms in total. The molecule has 3 rings (SSSR count). The number of benzene rings is 1. The Bertz CT molecular complexity index is 775. The quantitative estimate of drug-likeness (QED) is 0.702. The van der Waals surface area contributed by atoms with E-state index in [1.165, 1.54) is 23.0 Å². The van der Waals surface area contributed by atoms with Gasteiger partial charge in [-0.25, -0.2) is 4.98 Å². The number of aromatic nitrogens is 4. The lowest BCUT2D eigenvalue weighted by Crippen LogP contribution is -2.25. The van der Waals surface area contributed by atoms with E-state index in [0.717, 1.165) is 24.9 Å². The Hall–Kier alpha value is -2.63. The molecule has 0 fully saturated rings. The van der Waals surface area contributed by atoms with Crippen LogP contribution in [0.4, 0.5) is 0 Å². The molecule has 0 atom stereocenters. The van der Waals surface area contributed by atoms with Crippen LogP contribution >= 0.6 is 0 Å². The number of nitrogens with zero attached hydrogens (tertiary/aromatic N) is 3. The van der Waals surface area contributed by atoms with E-state index in [4.69, 9.17) is 0 Å². The Morgan fingerprint density at radius 2 is 2.22 bits per heavy atom. The zero-order chi connectivity index (χ0) is 16.1. The van der Waals surface area contributed by atoms with Gasteiger partial charge in [0.2, 0.25) is 5.91 Å². The number of aromatic amines is 1. The van der Waals surface area contributed by atoms with E-state index < -0.39 is 0 Å². The molecule has 120 valence electrons. The smallest absolute Gasteiger partial charge is 0.220 e. The van der Waals surface area contributed by atoms with Crippen molar-refractivity contribution in [1.82, 2.24) is 25.1 Å². The third-order valence-electron chi connectivity index (χ3n) is 3.98. The SMILES string of the molecule is Cc1[nH]c2ccccc2c1CCNC(=O)CCCn1cncn1. The van der Waals surface area contributed by atoms with Crippen LogP contribution in [-0.2, 0) is 17.8 Å². The second-order valence-corrected chi connectivity index (χ2v) is 5.64. The molecule has 0 aliphatic carbocycles. The summed E-state index contributed by atoms with van der Waals surface area (Å²) in [6, 6.07) is 8.27. The molecule has 23 heavy (non-hydrogen) atoms. The van der Waals surface area contributed by atoms with Gasteiger partial charge >= 0.3 is 0 Å². The number of hydrogen-bond donors (Lipinski definition) is 2. The highest BCUT2D eigenvalue weighted by Gasteiger charge is 2.08. The predicted molar refractivity (Wildman–Crippen MR) is 89.0 cm³/mol. The topological polar surface area (TPSA) is 75.6 Å². The highest BCUT2D eigenvalue weighted by molar-refractivity contribution is 5.84. The highest BCUT2D eigenvalue weighted by atomic mass is 16.1. The molecule has 0 saturated heterocycles. The van der Waals surface area contributed by atoms with Gasteiger partial charge in [-0.1, -0.05) is 18.2 Å². The number of para-hydroxylation sites is 1. The van der Waals surface area contributed by atoms with E-state index in [9.17, 15) is 4.79 Å². The molecular weight excluding hydrogens is 290 g/mol. The summed E-state index contributed by atoms with van der Waals surface area (Å²) in [6.07, 6.45) is 5.28. The lowest BCUT2D eigenvalue weighted by atomic mass is 10.1. The first-order chi connectivity index (χ1) is 11.2. The van der Waals surface area contributed by atoms with Gasteiger partial charge in [0.05, 0.1) is 0 Å². The summed E-state index contributed by atoms with van der Waals surface area (Å²) in [4.78, 5) is 19.2. The number of rotatable bonds is 7. The van der Waals surface area contributed by atoms with Crippen molar-refractivity contribution in [3.8, 4) is 0 Å². The Balaban J connectivity index is 1.45. The minimum Gasteiger partial charge on any atom is -0.358 e. The number of carbonyl (C=O) groups excluding carboxylic acids is 1. The van der Waals surface area contributed by atoms with Gasteiger partial charge in [-0.2, -0.15) is 5.10 Å².